The molecule has 0 bridgehead atoms. The van der Waals surface area contributed by atoms with Crippen LogP contribution in [-0.4, -0.2) is 55.3 Å². The molecule has 2 aromatic rings. The van der Waals surface area contributed by atoms with Crippen molar-refractivity contribution in [2.45, 2.75) is 38.3 Å². The van der Waals surface area contributed by atoms with Crippen LogP contribution in [0.3, 0.4) is 0 Å². The Labute approximate surface area is 171 Å². The Kier molecular flexibility index (Phi) is 4.70. The molecule has 1 aromatic carbocycles. The summed E-state index contributed by atoms with van der Waals surface area (Å²) >= 11 is 0. The van der Waals surface area contributed by atoms with Crippen LogP contribution < -0.4 is 15.0 Å². The average molecular weight is 396 g/mol. The van der Waals surface area contributed by atoms with Crippen molar-refractivity contribution in [3.8, 4) is 5.75 Å². The van der Waals surface area contributed by atoms with Crippen LogP contribution in [0.1, 0.15) is 47.5 Å². The van der Waals surface area contributed by atoms with Crippen LogP contribution in [0.25, 0.3) is 0 Å². The number of likely N-dealkylation sites (N-methyl/N-ethyl adjacent to an activating group) is 1. The van der Waals surface area contributed by atoms with Crippen molar-refractivity contribution in [2.24, 2.45) is 5.92 Å². The van der Waals surface area contributed by atoms with Crippen molar-refractivity contribution in [2.75, 3.05) is 38.2 Å². The van der Waals surface area contributed by atoms with Gasteiger partial charge in [-0.2, -0.15) is 0 Å². The van der Waals surface area contributed by atoms with E-state index in [-0.39, 0.29) is 11.9 Å². The third kappa shape index (κ3) is 3.83. The molecule has 1 N–H and O–H groups in total. The molecule has 1 saturated carbocycles. The number of anilines is 1. The summed E-state index contributed by atoms with van der Waals surface area (Å²) in [5.41, 5.74) is 2.79. The second-order valence-corrected chi connectivity index (χ2v) is 8.71. The molecule has 2 aliphatic heterocycles. The molecule has 154 valence electrons. The molecule has 7 heteroatoms. The van der Waals surface area contributed by atoms with Crippen LogP contribution in [0.4, 0.5) is 5.69 Å². The number of ether oxygens (including phenoxy) is 1. The Hall–Kier alpha value is -2.54. The van der Waals surface area contributed by atoms with E-state index < -0.39 is 0 Å². The molecule has 1 saturated heterocycles. The highest BCUT2D eigenvalue weighted by molar-refractivity contribution is 5.92. The lowest BCUT2D eigenvalue weighted by atomic mass is 10.1. The van der Waals surface area contributed by atoms with Crippen molar-refractivity contribution in [3.05, 3.63) is 41.3 Å². The first-order chi connectivity index (χ1) is 14.1. The van der Waals surface area contributed by atoms with E-state index in [1.165, 1.54) is 5.56 Å². The van der Waals surface area contributed by atoms with E-state index in [4.69, 9.17) is 9.26 Å². The minimum absolute atomic E-state index is 0.114. The molecule has 3 aliphatic rings. The van der Waals surface area contributed by atoms with Gasteiger partial charge < -0.3 is 19.5 Å². The summed E-state index contributed by atoms with van der Waals surface area (Å²) in [5.74, 6) is 2.52. The predicted octanol–water partition coefficient (Wildman–Crippen LogP) is 2.63. The van der Waals surface area contributed by atoms with E-state index in [9.17, 15) is 4.79 Å². The number of carbonyl (C=O) groups excluding carboxylic acids is 1. The topological polar surface area (TPSA) is 70.8 Å². The number of hydrogen-bond donors (Lipinski definition) is 1. The van der Waals surface area contributed by atoms with E-state index in [0.717, 1.165) is 62.8 Å². The molecule has 0 spiro atoms. The van der Waals surface area contributed by atoms with Gasteiger partial charge in [-0.3, -0.25) is 9.69 Å². The van der Waals surface area contributed by atoms with Crippen LogP contribution in [-0.2, 0) is 6.54 Å². The average Bonchev–Trinajstić information content (AvgIpc) is 3.33. The number of aromatic nitrogens is 1. The number of nitrogens with zero attached hydrogens (tertiary/aromatic N) is 3. The lowest BCUT2D eigenvalue weighted by Crippen LogP contribution is -2.40. The first-order valence-electron chi connectivity index (χ1n) is 10.5. The molecule has 2 unspecified atom stereocenters. The number of benzene rings is 1. The summed E-state index contributed by atoms with van der Waals surface area (Å²) in [7, 11) is 2.10. The zero-order chi connectivity index (χ0) is 20.0. The van der Waals surface area contributed by atoms with Gasteiger partial charge in [0.15, 0.2) is 5.69 Å². The van der Waals surface area contributed by atoms with Gasteiger partial charge >= 0.3 is 0 Å². The maximum atomic E-state index is 12.6. The molecule has 7 nitrogen and oxygen atoms in total. The fourth-order valence-corrected chi connectivity index (χ4v) is 4.34. The summed E-state index contributed by atoms with van der Waals surface area (Å²) < 4.78 is 11.2. The number of carbonyl (C=O) groups is 1. The minimum atomic E-state index is -0.135. The first kappa shape index (κ1) is 18.5. The second-order valence-electron chi connectivity index (χ2n) is 8.71. The molecule has 29 heavy (non-hydrogen) atoms. The van der Waals surface area contributed by atoms with Crippen LogP contribution >= 0.6 is 0 Å². The van der Waals surface area contributed by atoms with Crippen LogP contribution in [0.2, 0.25) is 0 Å². The molecular formula is C22H28N4O3. The lowest BCUT2D eigenvalue weighted by Gasteiger charge is -2.28. The summed E-state index contributed by atoms with van der Waals surface area (Å²) in [6.07, 6.45) is 2.27. The lowest BCUT2D eigenvalue weighted by molar-refractivity contribution is 0.0922. The van der Waals surface area contributed by atoms with Crippen molar-refractivity contribution < 1.29 is 14.1 Å². The van der Waals surface area contributed by atoms with Crippen LogP contribution in [0.5, 0.6) is 5.75 Å². The Morgan fingerprint density at radius 1 is 1.28 bits per heavy atom. The molecule has 2 atom stereocenters. The van der Waals surface area contributed by atoms with Crippen molar-refractivity contribution >= 4 is 11.6 Å². The fourth-order valence-electron chi connectivity index (χ4n) is 4.34. The Bertz CT molecular complexity index is 907. The molecule has 1 aliphatic carbocycles. The van der Waals surface area contributed by atoms with Gasteiger partial charge in [0.1, 0.15) is 18.1 Å². The van der Waals surface area contributed by atoms with E-state index in [1.807, 2.05) is 0 Å². The molecule has 0 radical (unpaired) electrons. The quantitative estimate of drug-likeness (QED) is 0.838. The number of fused-ring (bicyclic) bond motifs is 1. The van der Waals surface area contributed by atoms with Gasteiger partial charge in [0.25, 0.3) is 5.91 Å². The minimum Gasteiger partial charge on any atom is -0.490 e. The molecular weight excluding hydrogens is 368 g/mol. The van der Waals surface area contributed by atoms with Gasteiger partial charge in [-0.1, -0.05) is 18.1 Å². The van der Waals surface area contributed by atoms with Crippen molar-refractivity contribution in [1.29, 1.82) is 0 Å². The summed E-state index contributed by atoms with van der Waals surface area (Å²) in [4.78, 5) is 17.2. The third-order valence-corrected chi connectivity index (χ3v) is 6.27. The summed E-state index contributed by atoms with van der Waals surface area (Å²) in [5, 5.41) is 7.11. The normalized spacial score (nSPS) is 24.3. The Morgan fingerprint density at radius 3 is 2.97 bits per heavy atom. The predicted molar refractivity (Wildman–Crippen MR) is 109 cm³/mol. The molecule has 2 fully saturated rings. The monoisotopic (exact) mass is 396 g/mol. The van der Waals surface area contributed by atoms with Gasteiger partial charge in [0.05, 0.1) is 12.2 Å². The van der Waals surface area contributed by atoms with Gasteiger partial charge in [0, 0.05) is 44.7 Å². The Balaban J connectivity index is 1.20. The highest BCUT2D eigenvalue weighted by Gasteiger charge is 2.33. The second kappa shape index (κ2) is 7.37. The number of likely N-dealkylation sites (tertiary alicyclic amines) is 1. The maximum absolute atomic E-state index is 12.6. The fraction of sp³-hybridized carbons (Fsp3) is 0.545. The van der Waals surface area contributed by atoms with Crippen LogP contribution in [0, 0.1) is 5.92 Å². The van der Waals surface area contributed by atoms with E-state index in [1.54, 1.807) is 6.07 Å². The summed E-state index contributed by atoms with van der Waals surface area (Å²) in [6, 6.07) is 8.38. The van der Waals surface area contributed by atoms with Gasteiger partial charge in [-0.15, -0.1) is 0 Å². The molecule has 5 rings (SSSR count). The smallest absolute Gasteiger partial charge is 0.273 e. The molecule has 1 aromatic heterocycles. The van der Waals surface area contributed by atoms with Crippen LogP contribution in [0.15, 0.2) is 28.8 Å². The Morgan fingerprint density at radius 2 is 2.14 bits per heavy atom. The first-order valence-corrected chi connectivity index (χ1v) is 10.5. The van der Waals surface area contributed by atoms with Crippen molar-refractivity contribution in [1.82, 2.24) is 15.4 Å². The highest BCUT2D eigenvalue weighted by atomic mass is 16.5. The maximum Gasteiger partial charge on any atom is 0.273 e. The number of rotatable bonds is 5. The van der Waals surface area contributed by atoms with Gasteiger partial charge in [0.2, 0.25) is 0 Å². The highest BCUT2D eigenvalue weighted by Crippen LogP contribution is 2.40. The largest absolute Gasteiger partial charge is 0.490 e. The number of nitrogens with one attached hydrogen (secondary N) is 1. The van der Waals surface area contributed by atoms with Crippen molar-refractivity contribution in [3.63, 3.8) is 0 Å². The number of hydrogen-bond acceptors (Lipinski definition) is 6. The van der Waals surface area contributed by atoms with Gasteiger partial charge in [-0.05, 0) is 36.5 Å². The standard InChI is InChI=1S/C22H28N4O3/c1-14-11-26(12-15-3-6-19-21(9-15)28-8-7-25(19)2)13-18(14)23-22(27)17-10-20(29-24-17)16-4-5-16/h3,6,9-10,14,16,18H,4-5,7-8,11-13H2,1-2H3,(H,23,27). The third-order valence-electron chi connectivity index (χ3n) is 6.27. The summed E-state index contributed by atoms with van der Waals surface area (Å²) in [6.45, 7) is 6.48. The SMILES string of the molecule is CC1CN(Cc2ccc3c(c2)OCCN3C)CC1NC(=O)c1cc(C2CC2)on1. The van der Waals surface area contributed by atoms with E-state index in [2.05, 4.69) is 52.4 Å². The van der Waals surface area contributed by atoms with E-state index >= 15 is 0 Å². The molecule has 3 heterocycles. The zero-order valence-electron chi connectivity index (χ0n) is 17.1. The molecule has 1 amide bonds. The number of amides is 1. The zero-order valence-corrected chi connectivity index (χ0v) is 17.1. The van der Waals surface area contributed by atoms with Gasteiger partial charge in [-0.25, -0.2) is 0 Å². The van der Waals surface area contributed by atoms with E-state index in [0.29, 0.717) is 17.5 Å².